The van der Waals surface area contributed by atoms with Crippen molar-refractivity contribution in [2.24, 2.45) is 0 Å². The number of halogens is 1. The van der Waals surface area contributed by atoms with Crippen molar-refractivity contribution in [1.29, 1.82) is 0 Å². The number of benzene rings is 1. The fourth-order valence-electron chi connectivity index (χ4n) is 2.69. The number of Topliss-reactive ketones (excluding diaryl/α,β-unsaturated/α-hetero) is 2. The van der Waals surface area contributed by atoms with E-state index in [-0.39, 0.29) is 17.1 Å². The van der Waals surface area contributed by atoms with Crippen molar-refractivity contribution in [2.75, 3.05) is 0 Å². The van der Waals surface area contributed by atoms with Gasteiger partial charge in [-0.05, 0) is 30.9 Å². The lowest BCUT2D eigenvalue weighted by Gasteiger charge is -2.23. The Morgan fingerprint density at radius 3 is 2.75 bits per heavy atom. The molecule has 1 aliphatic carbocycles. The van der Waals surface area contributed by atoms with Gasteiger partial charge in [-0.1, -0.05) is 18.5 Å². The second-order valence-electron chi connectivity index (χ2n) is 4.84. The number of nitrogens with zero attached hydrogens (tertiary/aromatic N) is 1. The molecule has 6 heteroatoms. The van der Waals surface area contributed by atoms with Crippen molar-refractivity contribution in [2.45, 2.75) is 38.5 Å². The zero-order chi connectivity index (χ0) is 14.9. The van der Waals surface area contributed by atoms with Gasteiger partial charge in [0.25, 0.3) is 5.69 Å². The lowest BCUT2D eigenvalue weighted by molar-refractivity contribution is -0.385. The normalized spacial score (nSPS) is 17.4. The Hall–Kier alpha value is -1.75. The van der Waals surface area contributed by atoms with Gasteiger partial charge < -0.3 is 0 Å². The van der Waals surface area contributed by atoms with Crippen LogP contribution in [-0.4, -0.2) is 16.5 Å². The van der Waals surface area contributed by atoms with Crippen molar-refractivity contribution < 1.29 is 14.5 Å². The minimum atomic E-state index is -0.705. The van der Waals surface area contributed by atoms with Gasteiger partial charge in [0.05, 0.1) is 10.8 Å². The fourth-order valence-corrected chi connectivity index (χ4v) is 2.93. The molecule has 0 amide bonds. The largest absolute Gasteiger partial charge is 0.291 e. The lowest BCUT2D eigenvalue weighted by Crippen LogP contribution is -2.26. The minimum Gasteiger partial charge on any atom is -0.291 e. The highest BCUT2D eigenvalue weighted by molar-refractivity contribution is 6.39. The molecule has 0 fully saturated rings. The molecule has 0 radical (unpaired) electrons. The Morgan fingerprint density at radius 1 is 1.45 bits per heavy atom. The van der Waals surface area contributed by atoms with Crippen LogP contribution < -0.4 is 0 Å². The summed E-state index contributed by atoms with van der Waals surface area (Å²) in [5.74, 6) is -1.71. The van der Waals surface area contributed by atoms with Crippen LogP contribution in [0.15, 0.2) is 12.1 Å². The molecule has 0 saturated heterocycles. The van der Waals surface area contributed by atoms with Crippen LogP contribution in [-0.2, 0) is 16.0 Å². The van der Waals surface area contributed by atoms with E-state index in [1.807, 2.05) is 0 Å². The molecule has 106 valence electrons. The summed E-state index contributed by atoms with van der Waals surface area (Å²) < 4.78 is 0. The molecule has 1 aromatic rings. The molecule has 0 aliphatic heterocycles. The molecule has 1 aromatic carbocycles. The zero-order valence-electron chi connectivity index (χ0n) is 11.0. The molecule has 0 saturated carbocycles. The molecular weight excluding hydrogens is 282 g/mol. The van der Waals surface area contributed by atoms with Crippen molar-refractivity contribution >= 4 is 28.9 Å². The van der Waals surface area contributed by atoms with Crippen molar-refractivity contribution in [3.8, 4) is 0 Å². The molecule has 0 heterocycles. The van der Waals surface area contributed by atoms with Crippen LogP contribution in [0.2, 0.25) is 5.02 Å². The van der Waals surface area contributed by atoms with Crippen LogP contribution in [0.5, 0.6) is 0 Å². The smallest absolute Gasteiger partial charge is 0.275 e. The summed E-state index contributed by atoms with van der Waals surface area (Å²) in [5.41, 5.74) is 0.921. The molecule has 0 spiro atoms. The van der Waals surface area contributed by atoms with Crippen molar-refractivity contribution in [3.05, 3.63) is 38.4 Å². The first-order valence-corrected chi connectivity index (χ1v) is 6.87. The summed E-state index contributed by atoms with van der Waals surface area (Å²) in [6, 6.07) is 2.90. The van der Waals surface area contributed by atoms with Gasteiger partial charge in [0.2, 0.25) is 5.78 Å². The maximum Gasteiger partial charge on any atom is 0.275 e. The van der Waals surface area contributed by atoms with Crippen LogP contribution in [0.25, 0.3) is 0 Å². The maximum absolute atomic E-state index is 12.1. The summed E-state index contributed by atoms with van der Waals surface area (Å²) in [5, 5.41) is 11.5. The van der Waals surface area contributed by atoms with Gasteiger partial charge in [-0.2, -0.15) is 0 Å². The second kappa shape index (κ2) is 5.71. The Balaban J connectivity index is 2.57. The summed E-state index contributed by atoms with van der Waals surface area (Å²) >= 11 is 5.89. The quantitative estimate of drug-likeness (QED) is 0.485. The summed E-state index contributed by atoms with van der Waals surface area (Å²) in [6.45, 7) is 1.61. The van der Waals surface area contributed by atoms with Crippen molar-refractivity contribution in [3.63, 3.8) is 0 Å². The minimum absolute atomic E-state index is 0.117. The Bertz CT molecular complexity index is 597. The number of carbonyl (C=O) groups excluding carboxylic acids is 2. The molecule has 1 aliphatic rings. The van der Waals surface area contributed by atoms with Gasteiger partial charge in [0.1, 0.15) is 0 Å². The third kappa shape index (κ3) is 2.58. The summed E-state index contributed by atoms with van der Waals surface area (Å²) in [4.78, 5) is 34.4. The molecular formula is C14H14ClNO4. The van der Waals surface area contributed by atoms with Gasteiger partial charge in [-0.25, -0.2) is 0 Å². The highest BCUT2D eigenvalue weighted by atomic mass is 35.5. The van der Waals surface area contributed by atoms with Crippen LogP contribution in [0.1, 0.15) is 43.2 Å². The topological polar surface area (TPSA) is 77.3 Å². The molecule has 0 aromatic heterocycles. The van der Waals surface area contributed by atoms with E-state index >= 15 is 0 Å². The highest BCUT2D eigenvalue weighted by Gasteiger charge is 2.35. The fraction of sp³-hybridized carbons (Fsp3) is 0.429. The number of nitro groups is 1. The number of aryl methyl sites for hydroxylation is 1. The van der Waals surface area contributed by atoms with Crippen molar-refractivity contribution in [1.82, 2.24) is 0 Å². The molecule has 5 nitrogen and oxygen atoms in total. The van der Waals surface area contributed by atoms with E-state index in [9.17, 15) is 19.7 Å². The molecule has 1 atom stereocenters. The third-order valence-electron chi connectivity index (χ3n) is 3.61. The lowest BCUT2D eigenvalue weighted by atomic mass is 9.78. The Kier molecular flexibility index (Phi) is 4.18. The van der Waals surface area contributed by atoms with E-state index in [4.69, 9.17) is 11.6 Å². The van der Waals surface area contributed by atoms with E-state index in [2.05, 4.69) is 0 Å². The number of nitro benzene ring substituents is 1. The first kappa shape index (κ1) is 14.7. The number of fused-ring (bicyclic) bond motifs is 1. The second-order valence-corrected chi connectivity index (χ2v) is 5.28. The average molecular weight is 296 g/mol. The standard InChI is InChI=1S/C14H14ClNO4/c1-2-12(17)14(18)10-5-3-4-8-6-9(15)7-11(13(8)10)16(19)20/h6-7,10H,2-5H2,1H3. The first-order valence-electron chi connectivity index (χ1n) is 6.49. The molecule has 1 unspecified atom stereocenters. The molecule has 2 rings (SSSR count). The summed E-state index contributed by atoms with van der Waals surface area (Å²) in [7, 11) is 0. The third-order valence-corrected chi connectivity index (χ3v) is 3.82. The van der Waals surface area contributed by atoms with E-state index < -0.39 is 22.4 Å². The van der Waals surface area contributed by atoms with Crippen LogP contribution in [0, 0.1) is 10.1 Å². The van der Waals surface area contributed by atoms with Gasteiger partial charge in [0, 0.05) is 23.1 Å². The number of ketones is 2. The van der Waals surface area contributed by atoms with E-state index in [0.717, 1.165) is 6.42 Å². The van der Waals surface area contributed by atoms with Gasteiger partial charge in [-0.3, -0.25) is 19.7 Å². The molecule has 0 bridgehead atoms. The predicted molar refractivity (Wildman–Crippen MR) is 74.1 cm³/mol. The van der Waals surface area contributed by atoms with Gasteiger partial charge in [-0.15, -0.1) is 0 Å². The maximum atomic E-state index is 12.1. The summed E-state index contributed by atoms with van der Waals surface area (Å²) in [6.07, 6.45) is 1.95. The van der Waals surface area contributed by atoms with Crippen LogP contribution in [0.4, 0.5) is 5.69 Å². The zero-order valence-corrected chi connectivity index (χ0v) is 11.8. The van der Waals surface area contributed by atoms with Crippen LogP contribution >= 0.6 is 11.6 Å². The van der Waals surface area contributed by atoms with Crippen LogP contribution in [0.3, 0.4) is 0 Å². The van der Waals surface area contributed by atoms with E-state index in [0.29, 0.717) is 24.0 Å². The number of rotatable bonds is 4. The average Bonchev–Trinajstić information content (AvgIpc) is 2.43. The SMILES string of the molecule is CCC(=O)C(=O)C1CCCc2cc(Cl)cc([N+](=O)[O-])c21. The Labute approximate surface area is 121 Å². The molecule has 0 N–H and O–H groups in total. The highest BCUT2D eigenvalue weighted by Crippen LogP contribution is 2.40. The predicted octanol–water partition coefficient (Wildman–Crippen LogP) is 3.22. The monoisotopic (exact) mass is 295 g/mol. The first-order chi connectivity index (χ1) is 9.45. The van der Waals surface area contributed by atoms with Gasteiger partial charge >= 0.3 is 0 Å². The van der Waals surface area contributed by atoms with Gasteiger partial charge in [0.15, 0.2) is 5.78 Å². The number of hydrogen-bond donors (Lipinski definition) is 0. The Morgan fingerprint density at radius 2 is 2.15 bits per heavy atom. The molecule has 20 heavy (non-hydrogen) atoms. The van der Waals surface area contributed by atoms with E-state index in [1.165, 1.54) is 6.07 Å². The number of carbonyl (C=O) groups is 2. The van der Waals surface area contributed by atoms with E-state index in [1.54, 1.807) is 13.0 Å². The number of hydrogen-bond acceptors (Lipinski definition) is 4.